The molecule has 1 heterocycles. The predicted molar refractivity (Wildman–Crippen MR) is 111 cm³/mol. The van der Waals surface area contributed by atoms with Crippen LogP contribution in [0.25, 0.3) is 11.3 Å². The van der Waals surface area contributed by atoms with Crippen LogP contribution < -0.4 is 14.8 Å². The monoisotopic (exact) mass is 397 g/mol. The predicted octanol–water partition coefficient (Wildman–Crippen LogP) is 3.51. The fourth-order valence-corrected chi connectivity index (χ4v) is 3.56. The topological polar surface area (TPSA) is 65.4 Å². The summed E-state index contributed by atoms with van der Waals surface area (Å²) >= 11 is 1.41. The van der Waals surface area contributed by atoms with Crippen molar-refractivity contribution in [3.8, 4) is 22.8 Å². The fraction of sp³-hybridized carbons (Fsp3) is 0.238. The van der Waals surface area contributed by atoms with E-state index in [0.29, 0.717) is 12.3 Å². The lowest BCUT2D eigenvalue weighted by Gasteiger charge is -2.10. The molecular weight excluding hydrogens is 374 g/mol. The molecule has 0 unspecified atom stereocenters. The van der Waals surface area contributed by atoms with Gasteiger partial charge in [-0.1, -0.05) is 30.0 Å². The molecule has 2 aromatic carbocycles. The molecule has 0 bridgehead atoms. The van der Waals surface area contributed by atoms with Crippen LogP contribution in [0.4, 0.5) is 0 Å². The molecule has 146 valence electrons. The van der Waals surface area contributed by atoms with Crippen molar-refractivity contribution in [1.82, 2.24) is 14.9 Å². The average molecular weight is 398 g/mol. The van der Waals surface area contributed by atoms with E-state index in [1.54, 1.807) is 14.2 Å². The Morgan fingerprint density at radius 3 is 2.57 bits per heavy atom. The Bertz CT molecular complexity index is 938. The normalized spacial score (nSPS) is 10.5. The van der Waals surface area contributed by atoms with E-state index in [9.17, 15) is 4.79 Å². The summed E-state index contributed by atoms with van der Waals surface area (Å²) < 4.78 is 12.5. The van der Waals surface area contributed by atoms with Crippen LogP contribution in [0.3, 0.4) is 0 Å². The maximum atomic E-state index is 12.2. The maximum Gasteiger partial charge on any atom is 0.230 e. The minimum Gasteiger partial charge on any atom is -0.497 e. The van der Waals surface area contributed by atoms with Crippen LogP contribution in [0.5, 0.6) is 11.5 Å². The fourth-order valence-electron chi connectivity index (χ4n) is 2.78. The summed E-state index contributed by atoms with van der Waals surface area (Å²) in [5, 5.41) is 3.71. The number of thioether (sulfide) groups is 1. The quantitative estimate of drug-likeness (QED) is 0.589. The highest BCUT2D eigenvalue weighted by molar-refractivity contribution is 7.99. The van der Waals surface area contributed by atoms with Gasteiger partial charge in [0.2, 0.25) is 5.91 Å². The molecule has 0 saturated carbocycles. The van der Waals surface area contributed by atoms with Crippen molar-refractivity contribution >= 4 is 17.7 Å². The number of hydrogen-bond donors (Lipinski definition) is 1. The summed E-state index contributed by atoms with van der Waals surface area (Å²) in [4.78, 5) is 16.7. The van der Waals surface area contributed by atoms with E-state index >= 15 is 0 Å². The number of aromatic nitrogens is 2. The zero-order valence-electron chi connectivity index (χ0n) is 16.1. The Labute approximate surface area is 168 Å². The van der Waals surface area contributed by atoms with Crippen molar-refractivity contribution < 1.29 is 14.3 Å². The lowest BCUT2D eigenvalue weighted by atomic mass is 10.1. The van der Waals surface area contributed by atoms with Gasteiger partial charge in [-0.3, -0.25) is 4.79 Å². The third-order valence-corrected chi connectivity index (χ3v) is 5.38. The molecule has 3 rings (SSSR count). The average Bonchev–Trinajstić information content (AvgIpc) is 3.11. The van der Waals surface area contributed by atoms with Gasteiger partial charge in [-0.2, -0.15) is 0 Å². The molecule has 0 saturated heterocycles. The number of benzene rings is 2. The molecule has 1 amide bonds. The molecular formula is C21H23N3O3S. The van der Waals surface area contributed by atoms with Crippen molar-refractivity contribution in [2.45, 2.75) is 11.7 Å². The summed E-state index contributed by atoms with van der Waals surface area (Å²) in [5.74, 6) is 1.82. The molecule has 0 atom stereocenters. The number of para-hydroxylation sites is 1. The van der Waals surface area contributed by atoms with Gasteiger partial charge in [-0.05, 0) is 30.3 Å². The molecule has 0 spiro atoms. The number of carbonyl (C=O) groups is 1. The third-order valence-electron chi connectivity index (χ3n) is 4.33. The van der Waals surface area contributed by atoms with E-state index in [1.165, 1.54) is 11.8 Å². The van der Waals surface area contributed by atoms with Crippen molar-refractivity contribution in [2.75, 3.05) is 20.0 Å². The number of hydrogen-bond acceptors (Lipinski definition) is 5. The standard InChI is InChI=1S/C21H23N3O3S/c1-24-18(15-8-10-17(26-2)11-9-15)13-23-21(24)28-14-20(25)22-12-16-6-4-5-7-19(16)27-3/h4-11,13H,12,14H2,1-3H3,(H,22,25). The summed E-state index contributed by atoms with van der Waals surface area (Å²) in [5.41, 5.74) is 2.98. The van der Waals surface area contributed by atoms with Gasteiger partial charge in [-0.25, -0.2) is 4.98 Å². The molecule has 0 aliphatic heterocycles. The van der Waals surface area contributed by atoms with Gasteiger partial charge in [-0.15, -0.1) is 0 Å². The van der Waals surface area contributed by atoms with Crippen molar-refractivity contribution in [3.63, 3.8) is 0 Å². The molecule has 3 aromatic rings. The maximum absolute atomic E-state index is 12.2. The van der Waals surface area contributed by atoms with Crippen LogP contribution in [0.1, 0.15) is 5.56 Å². The van der Waals surface area contributed by atoms with Gasteiger partial charge in [0, 0.05) is 24.7 Å². The van der Waals surface area contributed by atoms with Gasteiger partial charge in [0.25, 0.3) is 0 Å². The second-order valence-electron chi connectivity index (χ2n) is 6.09. The smallest absolute Gasteiger partial charge is 0.230 e. The number of amides is 1. The first-order chi connectivity index (χ1) is 13.6. The van der Waals surface area contributed by atoms with Gasteiger partial charge in [0.15, 0.2) is 5.16 Å². The van der Waals surface area contributed by atoms with Crippen molar-refractivity contribution in [2.24, 2.45) is 7.05 Å². The molecule has 28 heavy (non-hydrogen) atoms. The Hall–Kier alpha value is -2.93. The summed E-state index contributed by atoms with van der Waals surface area (Å²) in [6.45, 7) is 0.432. The number of nitrogens with zero attached hydrogens (tertiary/aromatic N) is 2. The first-order valence-electron chi connectivity index (χ1n) is 8.80. The SMILES string of the molecule is COc1ccc(-c2cnc(SCC(=O)NCc3ccccc3OC)n2C)cc1. The lowest BCUT2D eigenvalue weighted by molar-refractivity contribution is -0.118. The first kappa shape index (κ1) is 19.8. The van der Waals surface area contributed by atoms with Crippen LogP contribution in [0.2, 0.25) is 0 Å². The number of nitrogens with one attached hydrogen (secondary N) is 1. The minimum atomic E-state index is -0.0510. The van der Waals surface area contributed by atoms with Crippen molar-refractivity contribution in [1.29, 1.82) is 0 Å². The second kappa shape index (κ2) is 9.32. The molecule has 1 N–H and O–H groups in total. The largest absolute Gasteiger partial charge is 0.497 e. The van der Waals surface area contributed by atoms with E-state index in [-0.39, 0.29) is 5.91 Å². The van der Waals surface area contributed by atoms with E-state index in [1.807, 2.05) is 66.3 Å². The second-order valence-corrected chi connectivity index (χ2v) is 7.03. The van der Waals surface area contributed by atoms with Gasteiger partial charge < -0.3 is 19.4 Å². The van der Waals surface area contributed by atoms with Crippen LogP contribution in [0.15, 0.2) is 59.9 Å². The number of methoxy groups -OCH3 is 2. The van der Waals surface area contributed by atoms with Gasteiger partial charge >= 0.3 is 0 Å². The van der Waals surface area contributed by atoms with Crippen LogP contribution in [0, 0.1) is 0 Å². The lowest BCUT2D eigenvalue weighted by Crippen LogP contribution is -2.25. The zero-order chi connectivity index (χ0) is 19.9. The van der Waals surface area contributed by atoms with Crippen LogP contribution in [-0.2, 0) is 18.4 Å². The first-order valence-corrected chi connectivity index (χ1v) is 9.78. The highest BCUT2D eigenvalue weighted by Crippen LogP contribution is 2.26. The molecule has 7 heteroatoms. The van der Waals surface area contributed by atoms with E-state index in [2.05, 4.69) is 10.3 Å². The van der Waals surface area contributed by atoms with Crippen LogP contribution >= 0.6 is 11.8 Å². The zero-order valence-corrected chi connectivity index (χ0v) is 17.0. The number of carbonyl (C=O) groups excluding carboxylic acids is 1. The molecule has 6 nitrogen and oxygen atoms in total. The number of ether oxygens (including phenoxy) is 2. The van der Waals surface area contributed by atoms with Gasteiger partial charge in [0.1, 0.15) is 11.5 Å². The molecule has 0 radical (unpaired) electrons. The minimum absolute atomic E-state index is 0.0510. The summed E-state index contributed by atoms with van der Waals surface area (Å²) in [6.07, 6.45) is 1.82. The summed E-state index contributed by atoms with van der Waals surface area (Å²) in [7, 11) is 5.21. The Morgan fingerprint density at radius 2 is 1.86 bits per heavy atom. The van der Waals surface area contributed by atoms with E-state index in [4.69, 9.17) is 9.47 Å². The summed E-state index contributed by atoms with van der Waals surface area (Å²) in [6, 6.07) is 15.5. The molecule has 0 aliphatic carbocycles. The van der Waals surface area contributed by atoms with E-state index in [0.717, 1.165) is 33.5 Å². The Kier molecular flexibility index (Phi) is 6.60. The molecule has 0 aliphatic rings. The van der Waals surface area contributed by atoms with Crippen LogP contribution in [-0.4, -0.2) is 35.4 Å². The molecule has 0 fully saturated rings. The highest BCUT2D eigenvalue weighted by Gasteiger charge is 2.12. The highest BCUT2D eigenvalue weighted by atomic mass is 32.2. The van der Waals surface area contributed by atoms with Gasteiger partial charge in [0.05, 0.1) is 31.9 Å². The Balaban J connectivity index is 1.57. The Morgan fingerprint density at radius 1 is 1.11 bits per heavy atom. The van der Waals surface area contributed by atoms with E-state index < -0.39 is 0 Å². The number of imidazole rings is 1. The molecule has 1 aromatic heterocycles. The number of rotatable bonds is 8. The third kappa shape index (κ3) is 4.67. The van der Waals surface area contributed by atoms with Crippen molar-refractivity contribution in [3.05, 3.63) is 60.3 Å².